The van der Waals surface area contributed by atoms with Crippen molar-refractivity contribution in [3.63, 3.8) is 0 Å². The van der Waals surface area contributed by atoms with E-state index < -0.39 is 18.6 Å². The lowest BCUT2D eigenvalue weighted by Gasteiger charge is -2.34. The number of halogens is 4. The van der Waals surface area contributed by atoms with Crippen molar-refractivity contribution >= 4 is 5.91 Å². The van der Waals surface area contributed by atoms with Gasteiger partial charge in [0, 0.05) is 45.4 Å². The highest BCUT2D eigenvalue weighted by molar-refractivity contribution is 5.93. The summed E-state index contributed by atoms with van der Waals surface area (Å²) in [5.41, 5.74) is 0.342. The highest BCUT2D eigenvalue weighted by Crippen LogP contribution is 2.24. The van der Waals surface area contributed by atoms with Gasteiger partial charge in [-0.1, -0.05) is 17.3 Å². The molecule has 1 aliphatic heterocycles. The lowest BCUT2D eigenvalue weighted by atomic mass is 10.1. The Bertz CT molecular complexity index is 817. The summed E-state index contributed by atoms with van der Waals surface area (Å²) in [4.78, 5) is 16.3. The molecule has 3 rings (SSSR count). The van der Waals surface area contributed by atoms with Gasteiger partial charge >= 0.3 is 6.18 Å². The minimum absolute atomic E-state index is 0.0381. The van der Waals surface area contributed by atoms with Crippen LogP contribution in [0.4, 0.5) is 17.6 Å². The SMILES string of the molecule is O=C(c1cc(-c2ccccc2F)on1)N1CCN(CCCOCC(F)(F)F)CC1. The Morgan fingerprint density at radius 1 is 1.17 bits per heavy atom. The maximum absolute atomic E-state index is 13.8. The van der Waals surface area contributed by atoms with Crippen molar-refractivity contribution in [3.05, 3.63) is 41.8 Å². The second-order valence-corrected chi connectivity index (χ2v) is 6.71. The lowest BCUT2D eigenvalue weighted by Crippen LogP contribution is -2.49. The molecule has 10 heteroatoms. The summed E-state index contributed by atoms with van der Waals surface area (Å²) in [6, 6.07) is 7.48. The first-order valence-electron chi connectivity index (χ1n) is 9.21. The maximum Gasteiger partial charge on any atom is 0.411 e. The molecule has 2 heterocycles. The van der Waals surface area contributed by atoms with Crippen LogP contribution in [0.5, 0.6) is 0 Å². The summed E-state index contributed by atoms with van der Waals surface area (Å²) in [7, 11) is 0. The number of hydrogen-bond acceptors (Lipinski definition) is 5. The highest BCUT2D eigenvalue weighted by Gasteiger charge is 2.27. The standard InChI is InChI=1S/C19H21F4N3O3/c20-15-5-2-1-4-14(15)17-12-16(24-29-17)18(27)26-9-7-25(8-10-26)6-3-11-28-13-19(21,22)23/h1-2,4-5,12H,3,6-11,13H2. The molecule has 1 fully saturated rings. The fraction of sp³-hybridized carbons (Fsp3) is 0.474. The molecule has 1 aromatic carbocycles. The van der Waals surface area contributed by atoms with E-state index in [1.807, 2.05) is 0 Å². The lowest BCUT2D eigenvalue weighted by molar-refractivity contribution is -0.174. The van der Waals surface area contributed by atoms with Crippen molar-refractivity contribution in [3.8, 4) is 11.3 Å². The van der Waals surface area contributed by atoms with Gasteiger partial charge in [0.15, 0.2) is 11.5 Å². The third kappa shape index (κ3) is 6.01. The molecule has 0 atom stereocenters. The number of benzene rings is 1. The van der Waals surface area contributed by atoms with Gasteiger partial charge in [0.1, 0.15) is 12.4 Å². The Balaban J connectivity index is 1.44. The Hall–Kier alpha value is -2.46. The van der Waals surface area contributed by atoms with Gasteiger partial charge in [-0.25, -0.2) is 4.39 Å². The Kier molecular flexibility index (Phi) is 6.86. The third-order valence-corrected chi connectivity index (χ3v) is 4.56. The average molecular weight is 415 g/mol. The zero-order valence-electron chi connectivity index (χ0n) is 15.6. The molecule has 2 aromatic rings. The van der Waals surface area contributed by atoms with E-state index in [2.05, 4.69) is 14.8 Å². The summed E-state index contributed by atoms with van der Waals surface area (Å²) < 4.78 is 59.6. The molecule has 0 spiro atoms. The average Bonchev–Trinajstić information content (AvgIpc) is 3.17. The highest BCUT2D eigenvalue weighted by atomic mass is 19.4. The van der Waals surface area contributed by atoms with Crippen LogP contribution in [0.3, 0.4) is 0 Å². The Morgan fingerprint density at radius 3 is 2.59 bits per heavy atom. The number of hydrogen-bond donors (Lipinski definition) is 0. The van der Waals surface area contributed by atoms with Crippen molar-refractivity contribution in [2.24, 2.45) is 0 Å². The summed E-state index contributed by atoms with van der Waals surface area (Å²) in [6.45, 7) is 1.53. The fourth-order valence-corrected chi connectivity index (χ4v) is 3.08. The number of piperazine rings is 1. The van der Waals surface area contributed by atoms with Crippen LogP contribution >= 0.6 is 0 Å². The van der Waals surface area contributed by atoms with Gasteiger partial charge in [-0.15, -0.1) is 0 Å². The van der Waals surface area contributed by atoms with Crippen molar-refractivity contribution in [1.29, 1.82) is 0 Å². The number of carbonyl (C=O) groups excluding carboxylic acids is 1. The minimum atomic E-state index is -4.31. The van der Waals surface area contributed by atoms with E-state index in [-0.39, 0.29) is 29.5 Å². The number of amides is 1. The number of nitrogens with zero attached hydrogens (tertiary/aromatic N) is 3. The topological polar surface area (TPSA) is 58.8 Å². The number of alkyl halides is 3. The first-order chi connectivity index (χ1) is 13.8. The second kappa shape index (κ2) is 9.36. The number of carbonyl (C=O) groups is 1. The molecule has 0 saturated carbocycles. The number of ether oxygens (including phenoxy) is 1. The van der Waals surface area contributed by atoms with E-state index in [1.165, 1.54) is 12.1 Å². The quantitative estimate of drug-likeness (QED) is 0.514. The molecule has 1 aromatic heterocycles. The maximum atomic E-state index is 13.8. The van der Waals surface area contributed by atoms with E-state index in [0.717, 1.165) is 0 Å². The van der Waals surface area contributed by atoms with Crippen molar-refractivity contribution in [1.82, 2.24) is 15.0 Å². The largest absolute Gasteiger partial charge is 0.411 e. The van der Waals surface area contributed by atoms with E-state index in [9.17, 15) is 22.4 Å². The second-order valence-electron chi connectivity index (χ2n) is 6.71. The first-order valence-corrected chi connectivity index (χ1v) is 9.21. The number of rotatable bonds is 7. The molecule has 0 bridgehead atoms. The molecular weight excluding hydrogens is 394 g/mol. The van der Waals surface area contributed by atoms with Gasteiger partial charge < -0.3 is 14.2 Å². The van der Waals surface area contributed by atoms with Gasteiger partial charge in [-0.2, -0.15) is 13.2 Å². The van der Waals surface area contributed by atoms with E-state index >= 15 is 0 Å². The zero-order chi connectivity index (χ0) is 20.9. The normalized spacial score (nSPS) is 15.7. The van der Waals surface area contributed by atoms with Crippen molar-refractivity contribution in [2.45, 2.75) is 12.6 Å². The third-order valence-electron chi connectivity index (χ3n) is 4.56. The van der Waals surface area contributed by atoms with E-state index in [0.29, 0.717) is 39.1 Å². The summed E-state index contributed by atoms with van der Waals surface area (Å²) in [6.07, 6.45) is -3.82. The van der Waals surface area contributed by atoms with Crippen LogP contribution in [0.2, 0.25) is 0 Å². The zero-order valence-corrected chi connectivity index (χ0v) is 15.6. The molecular formula is C19H21F4N3O3. The van der Waals surface area contributed by atoms with Crippen LogP contribution in [-0.4, -0.2) is 73.0 Å². The molecule has 29 heavy (non-hydrogen) atoms. The van der Waals surface area contributed by atoms with Gasteiger partial charge in [0.25, 0.3) is 5.91 Å². The molecule has 0 radical (unpaired) electrons. The summed E-state index contributed by atoms with van der Waals surface area (Å²) in [5, 5.41) is 3.76. The molecule has 1 aliphatic rings. The van der Waals surface area contributed by atoms with Crippen LogP contribution in [-0.2, 0) is 4.74 Å². The van der Waals surface area contributed by atoms with Gasteiger partial charge in [0.2, 0.25) is 0 Å². The molecule has 0 unspecified atom stereocenters. The van der Waals surface area contributed by atoms with E-state index in [1.54, 1.807) is 23.1 Å². The van der Waals surface area contributed by atoms with E-state index in [4.69, 9.17) is 4.52 Å². The van der Waals surface area contributed by atoms with Crippen molar-refractivity contribution < 1.29 is 31.6 Å². The predicted molar refractivity (Wildman–Crippen MR) is 95.7 cm³/mol. The van der Waals surface area contributed by atoms with Crippen molar-refractivity contribution in [2.75, 3.05) is 45.9 Å². The predicted octanol–water partition coefficient (Wildman–Crippen LogP) is 3.21. The Morgan fingerprint density at radius 2 is 1.90 bits per heavy atom. The van der Waals surface area contributed by atoms with Gasteiger partial charge in [-0.3, -0.25) is 9.69 Å². The number of aromatic nitrogens is 1. The molecule has 1 amide bonds. The van der Waals surface area contributed by atoms with Crippen LogP contribution in [0.1, 0.15) is 16.9 Å². The van der Waals surface area contributed by atoms with Crippen LogP contribution in [0, 0.1) is 5.82 Å². The van der Waals surface area contributed by atoms with Crippen LogP contribution in [0.15, 0.2) is 34.9 Å². The summed E-state index contributed by atoms with van der Waals surface area (Å²) in [5.74, 6) is -0.580. The smallest absolute Gasteiger partial charge is 0.372 e. The minimum Gasteiger partial charge on any atom is -0.372 e. The van der Waals surface area contributed by atoms with Gasteiger partial charge in [-0.05, 0) is 18.6 Å². The van der Waals surface area contributed by atoms with Crippen LogP contribution < -0.4 is 0 Å². The molecule has 0 aliphatic carbocycles. The Labute approximate surface area is 165 Å². The summed E-state index contributed by atoms with van der Waals surface area (Å²) >= 11 is 0. The fourth-order valence-electron chi connectivity index (χ4n) is 3.08. The molecule has 1 saturated heterocycles. The molecule has 158 valence electrons. The van der Waals surface area contributed by atoms with Crippen LogP contribution in [0.25, 0.3) is 11.3 Å². The first kappa shape index (κ1) is 21.3. The molecule has 6 nitrogen and oxygen atoms in total. The molecule has 0 N–H and O–H groups in total. The van der Waals surface area contributed by atoms with Gasteiger partial charge in [0.05, 0.1) is 5.56 Å². The monoisotopic (exact) mass is 415 g/mol.